The molecule has 0 N–H and O–H groups in total. The van der Waals surface area contributed by atoms with Crippen LogP contribution in [-0.4, -0.2) is 70.0 Å². The van der Waals surface area contributed by atoms with Gasteiger partial charge in [0.25, 0.3) is 5.69 Å². The Kier molecular flexibility index (Phi) is 7.03. The summed E-state index contributed by atoms with van der Waals surface area (Å²) in [4.78, 5) is 18.4. The Morgan fingerprint density at radius 1 is 0.600 bits per heavy atom. The normalized spacial score (nSPS) is 16.9. The number of hydrogen-bond donors (Lipinski definition) is 0. The molecule has 0 amide bonds. The summed E-state index contributed by atoms with van der Waals surface area (Å²) >= 11 is 0. The smallest absolute Gasteiger partial charge is 0.292 e. The van der Waals surface area contributed by atoms with E-state index >= 15 is 0 Å². The summed E-state index contributed by atoms with van der Waals surface area (Å²) in [5.41, 5.74) is 2.73. The third-order valence-corrected chi connectivity index (χ3v) is 9.75. The molecule has 0 radical (unpaired) electrons. The minimum absolute atomic E-state index is 0.0921. The second-order valence-corrected chi connectivity index (χ2v) is 12.1. The van der Waals surface area contributed by atoms with Crippen molar-refractivity contribution in [2.45, 2.75) is 4.90 Å². The van der Waals surface area contributed by atoms with Gasteiger partial charge in [0.1, 0.15) is 5.69 Å². The molecule has 0 aliphatic carbocycles. The quantitative estimate of drug-likeness (QED) is 0.253. The maximum Gasteiger partial charge on any atom is 0.292 e. The lowest BCUT2D eigenvalue weighted by Crippen LogP contribution is -2.49. The van der Waals surface area contributed by atoms with E-state index in [1.54, 1.807) is 24.3 Å². The van der Waals surface area contributed by atoms with E-state index in [2.05, 4.69) is 26.8 Å². The highest BCUT2D eigenvalue weighted by Crippen LogP contribution is 2.34. The highest BCUT2D eigenvalue weighted by Gasteiger charge is 2.30. The third kappa shape index (κ3) is 5.07. The maximum atomic E-state index is 13.4. The van der Waals surface area contributed by atoms with E-state index in [9.17, 15) is 18.5 Å². The molecule has 0 atom stereocenters. The molecule has 4 aromatic rings. The molecule has 2 fully saturated rings. The van der Waals surface area contributed by atoms with Crippen LogP contribution < -0.4 is 14.7 Å². The fourth-order valence-electron chi connectivity index (χ4n) is 5.62. The van der Waals surface area contributed by atoms with E-state index in [0.717, 1.165) is 35.2 Å². The Labute approximate surface area is 234 Å². The van der Waals surface area contributed by atoms with Gasteiger partial charge in [0.2, 0.25) is 10.0 Å². The maximum absolute atomic E-state index is 13.4. The van der Waals surface area contributed by atoms with Gasteiger partial charge >= 0.3 is 0 Å². The fourth-order valence-corrected chi connectivity index (χ4v) is 7.08. The predicted octanol–water partition coefficient (Wildman–Crippen LogP) is 4.59. The van der Waals surface area contributed by atoms with Crippen LogP contribution in [0.2, 0.25) is 0 Å². The lowest BCUT2D eigenvalue weighted by atomic mass is 10.1. The van der Waals surface area contributed by atoms with Crippen molar-refractivity contribution in [3.63, 3.8) is 0 Å². The zero-order chi connectivity index (χ0) is 27.7. The van der Waals surface area contributed by atoms with Crippen molar-refractivity contribution < 1.29 is 13.3 Å². The van der Waals surface area contributed by atoms with Gasteiger partial charge in [-0.3, -0.25) is 10.1 Å². The zero-order valence-electron chi connectivity index (χ0n) is 22.1. The first-order valence-corrected chi connectivity index (χ1v) is 14.9. The van der Waals surface area contributed by atoms with Crippen LogP contribution in [0.15, 0.2) is 95.9 Å². The number of fused-ring (bicyclic) bond motifs is 1. The Morgan fingerprint density at radius 3 is 1.90 bits per heavy atom. The summed E-state index contributed by atoms with van der Waals surface area (Å²) in [7, 11) is -3.63. The summed E-state index contributed by atoms with van der Waals surface area (Å²) in [6.07, 6.45) is 0. The number of nitro benzene ring substituents is 1. The molecule has 40 heavy (non-hydrogen) atoms. The molecule has 4 aromatic carbocycles. The van der Waals surface area contributed by atoms with Gasteiger partial charge in [0.15, 0.2) is 0 Å². The average molecular weight is 558 g/mol. The summed E-state index contributed by atoms with van der Waals surface area (Å²) in [6.45, 7) is 4.60. The first-order valence-electron chi connectivity index (χ1n) is 13.5. The molecule has 0 aromatic heterocycles. The molecule has 0 bridgehead atoms. The zero-order valence-corrected chi connectivity index (χ0v) is 22.9. The largest absolute Gasteiger partial charge is 0.369 e. The van der Waals surface area contributed by atoms with Crippen LogP contribution in [-0.2, 0) is 10.0 Å². The van der Waals surface area contributed by atoms with Crippen LogP contribution >= 0.6 is 0 Å². The number of hydrogen-bond acceptors (Lipinski definition) is 7. The van der Waals surface area contributed by atoms with Crippen molar-refractivity contribution in [1.29, 1.82) is 0 Å². The van der Waals surface area contributed by atoms with Gasteiger partial charge in [0.05, 0.1) is 9.82 Å². The van der Waals surface area contributed by atoms with E-state index in [-0.39, 0.29) is 10.6 Å². The minimum Gasteiger partial charge on any atom is -0.369 e. The van der Waals surface area contributed by atoms with Crippen molar-refractivity contribution in [2.24, 2.45) is 0 Å². The third-order valence-electron chi connectivity index (χ3n) is 7.86. The van der Waals surface area contributed by atoms with Gasteiger partial charge in [0, 0.05) is 69.8 Å². The van der Waals surface area contributed by atoms with Crippen molar-refractivity contribution in [2.75, 3.05) is 67.1 Å². The van der Waals surface area contributed by atoms with Crippen LogP contribution in [0.5, 0.6) is 0 Å². The van der Waals surface area contributed by atoms with Gasteiger partial charge in [-0.05, 0) is 47.2 Å². The molecular formula is C30H31N5O4S. The second-order valence-electron chi connectivity index (χ2n) is 10.1. The number of sulfonamides is 1. The number of nitro groups is 1. The van der Waals surface area contributed by atoms with Crippen LogP contribution in [0.25, 0.3) is 10.8 Å². The molecule has 9 nitrogen and oxygen atoms in total. The van der Waals surface area contributed by atoms with Crippen molar-refractivity contribution >= 4 is 43.5 Å². The molecule has 206 valence electrons. The molecule has 0 unspecified atom stereocenters. The fraction of sp³-hybridized carbons (Fsp3) is 0.267. The monoisotopic (exact) mass is 557 g/mol. The lowest BCUT2D eigenvalue weighted by Gasteiger charge is -2.38. The number of anilines is 3. The van der Waals surface area contributed by atoms with Crippen molar-refractivity contribution in [3.05, 3.63) is 101 Å². The number of benzene rings is 4. The molecule has 0 saturated carbocycles. The molecule has 2 heterocycles. The summed E-state index contributed by atoms with van der Waals surface area (Å²) in [5, 5.41) is 13.8. The van der Waals surface area contributed by atoms with E-state index in [1.807, 2.05) is 54.6 Å². The Bertz CT molecular complexity index is 1630. The molecule has 2 aliphatic heterocycles. The topological polar surface area (TPSA) is 90.2 Å². The van der Waals surface area contributed by atoms with Crippen LogP contribution in [0.4, 0.5) is 22.7 Å². The van der Waals surface area contributed by atoms with E-state index in [0.29, 0.717) is 49.9 Å². The predicted molar refractivity (Wildman–Crippen MR) is 159 cm³/mol. The number of para-hydroxylation sites is 1. The first kappa shape index (κ1) is 26.1. The van der Waals surface area contributed by atoms with E-state index in [4.69, 9.17) is 0 Å². The second kappa shape index (κ2) is 10.8. The van der Waals surface area contributed by atoms with Crippen molar-refractivity contribution in [1.82, 2.24) is 4.31 Å². The standard InChI is InChI=1S/C30H31N5O4S/c36-35(37)29-13-11-27(23-30(29)33-16-14-31(15-17-33)26-8-2-1-3-9-26)32-18-20-34(21-19-32)40(38,39)28-12-10-24-6-4-5-7-25(24)22-28/h1-13,22-23H,14-21H2. The van der Waals surface area contributed by atoms with E-state index in [1.165, 1.54) is 4.31 Å². The van der Waals surface area contributed by atoms with Crippen LogP contribution in [0.1, 0.15) is 0 Å². The molecule has 10 heteroatoms. The van der Waals surface area contributed by atoms with Crippen LogP contribution in [0.3, 0.4) is 0 Å². The molecule has 2 saturated heterocycles. The Morgan fingerprint density at radius 2 is 1.20 bits per heavy atom. The molecular weight excluding hydrogens is 526 g/mol. The summed E-state index contributed by atoms with van der Waals surface area (Å²) < 4.78 is 28.3. The van der Waals surface area contributed by atoms with Gasteiger partial charge in [-0.15, -0.1) is 0 Å². The number of rotatable bonds is 6. The Hall–Kier alpha value is -4.15. The molecule has 2 aliphatic rings. The van der Waals surface area contributed by atoms with Crippen LogP contribution in [0, 0.1) is 10.1 Å². The Balaban J connectivity index is 1.16. The SMILES string of the molecule is O=[N+]([O-])c1ccc(N2CCN(S(=O)(=O)c3ccc4ccccc4c3)CC2)cc1N1CCN(c2ccccc2)CC1. The molecule has 6 rings (SSSR count). The lowest BCUT2D eigenvalue weighted by molar-refractivity contribution is -0.384. The highest BCUT2D eigenvalue weighted by atomic mass is 32.2. The van der Waals surface area contributed by atoms with Gasteiger partial charge in [-0.2, -0.15) is 4.31 Å². The van der Waals surface area contributed by atoms with Gasteiger partial charge in [-0.1, -0.05) is 48.5 Å². The minimum atomic E-state index is -3.63. The van der Waals surface area contributed by atoms with Gasteiger partial charge in [-0.25, -0.2) is 8.42 Å². The summed E-state index contributed by atoms with van der Waals surface area (Å²) in [5.74, 6) is 0. The summed E-state index contributed by atoms with van der Waals surface area (Å²) in [6, 6.07) is 28.4. The van der Waals surface area contributed by atoms with Gasteiger partial charge < -0.3 is 14.7 Å². The highest BCUT2D eigenvalue weighted by molar-refractivity contribution is 7.89. The average Bonchev–Trinajstić information content (AvgIpc) is 3.01. The van der Waals surface area contributed by atoms with Crippen molar-refractivity contribution in [3.8, 4) is 0 Å². The number of piperazine rings is 2. The van der Waals surface area contributed by atoms with E-state index < -0.39 is 10.0 Å². The molecule has 0 spiro atoms. The number of nitrogens with zero attached hydrogens (tertiary/aromatic N) is 5. The first-order chi connectivity index (χ1) is 19.4.